The number of halogens is 1. The fraction of sp³-hybridized carbons (Fsp3) is 0.355. The summed E-state index contributed by atoms with van der Waals surface area (Å²) in [6.45, 7) is 6.46. The molecule has 3 aromatic carbocycles. The maximum absolute atomic E-state index is 13.8. The van der Waals surface area contributed by atoms with Gasteiger partial charge in [0.05, 0.1) is 11.9 Å². The smallest absolute Gasteiger partial charge is 0.243 e. The van der Waals surface area contributed by atoms with Crippen LogP contribution < -0.4 is 9.62 Å². The molecule has 214 valence electrons. The van der Waals surface area contributed by atoms with Crippen molar-refractivity contribution in [2.75, 3.05) is 23.7 Å². The van der Waals surface area contributed by atoms with Crippen LogP contribution in [0.25, 0.3) is 0 Å². The summed E-state index contributed by atoms with van der Waals surface area (Å²) in [6, 6.07) is 21.6. The van der Waals surface area contributed by atoms with Gasteiger partial charge in [0, 0.05) is 37.5 Å². The molecule has 0 aromatic heterocycles. The Bertz CT molecular complexity index is 1410. The molecule has 7 nitrogen and oxygen atoms in total. The Labute approximate surface area is 243 Å². The molecule has 0 aliphatic carbocycles. The molecule has 0 aliphatic heterocycles. The Kier molecular flexibility index (Phi) is 11.2. The van der Waals surface area contributed by atoms with Crippen LogP contribution in [0.15, 0.2) is 72.8 Å². The molecular formula is C31H38ClN3O4S. The summed E-state index contributed by atoms with van der Waals surface area (Å²) in [5.74, 6) is -0.500. The highest BCUT2D eigenvalue weighted by Gasteiger charge is 2.30. The maximum atomic E-state index is 13.8. The Morgan fingerprint density at radius 3 is 2.25 bits per heavy atom. The van der Waals surface area contributed by atoms with Crippen molar-refractivity contribution in [2.24, 2.45) is 0 Å². The average Bonchev–Trinajstić information content (AvgIpc) is 2.91. The molecule has 1 atom stereocenters. The number of nitrogens with zero attached hydrogens (tertiary/aromatic N) is 2. The first-order valence-corrected chi connectivity index (χ1v) is 15.6. The molecule has 0 spiro atoms. The van der Waals surface area contributed by atoms with Gasteiger partial charge in [-0.1, -0.05) is 66.2 Å². The summed E-state index contributed by atoms with van der Waals surface area (Å²) in [4.78, 5) is 28.7. The minimum absolute atomic E-state index is 0.0615. The van der Waals surface area contributed by atoms with E-state index in [4.69, 9.17) is 11.6 Å². The third kappa shape index (κ3) is 8.57. The standard InChI is InChI=1S/C31H38ClN3O4S/c1-5-33-31(37)29(21-25-12-7-6-8-13-25)34(22-26-14-9-10-15-28(26)32)30(36)16-11-19-35(40(4,38)39)27-18-17-23(2)24(3)20-27/h6-10,12-15,17-18,20,29H,5,11,16,19,21-22H2,1-4H3,(H,33,37)/t29-/m0/s1. The predicted molar refractivity (Wildman–Crippen MR) is 162 cm³/mol. The molecule has 2 amide bonds. The highest BCUT2D eigenvalue weighted by atomic mass is 35.5. The molecule has 0 heterocycles. The molecule has 0 saturated heterocycles. The Balaban J connectivity index is 1.87. The number of amides is 2. The average molecular weight is 584 g/mol. The number of sulfonamides is 1. The summed E-state index contributed by atoms with van der Waals surface area (Å²) < 4.78 is 26.6. The lowest BCUT2D eigenvalue weighted by Gasteiger charge is -2.32. The zero-order valence-electron chi connectivity index (χ0n) is 23.6. The number of benzene rings is 3. The van der Waals surface area contributed by atoms with Crippen LogP contribution in [0.4, 0.5) is 5.69 Å². The predicted octanol–water partition coefficient (Wildman–Crippen LogP) is 5.28. The van der Waals surface area contributed by atoms with E-state index in [1.807, 2.05) is 81.4 Å². The minimum Gasteiger partial charge on any atom is -0.355 e. The van der Waals surface area contributed by atoms with Crippen LogP contribution in [0.5, 0.6) is 0 Å². The number of rotatable bonds is 13. The van der Waals surface area contributed by atoms with Crippen molar-refractivity contribution >= 4 is 39.1 Å². The molecule has 0 saturated carbocycles. The van der Waals surface area contributed by atoms with E-state index >= 15 is 0 Å². The lowest BCUT2D eigenvalue weighted by molar-refractivity contribution is -0.141. The zero-order valence-corrected chi connectivity index (χ0v) is 25.1. The van der Waals surface area contributed by atoms with E-state index in [1.54, 1.807) is 17.0 Å². The van der Waals surface area contributed by atoms with E-state index in [9.17, 15) is 18.0 Å². The number of anilines is 1. The number of nitrogens with one attached hydrogen (secondary N) is 1. The van der Waals surface area contributed by atoms with Crippen LogP contribution in [0.2, 0.25) is 5.02 Å². The first kappa shape index (κ1) is 31.2. The second-order valence-electron chi connectivity index (χ2n) is 9.92. The Morgan fingerprint density at radius 1 is 0.950 bits per heavy atom. The lowest BCUT2D eigenvalue weighted by atomic mass is 10.0. The van der Waals surface area contributed by atoms with Gasteiger partial charge in [0.25, 0.3) is 0 Å². The fourth-order valence-electron chi connectivity index (χ4n) is 4.54. The number of hydrogen-bond donors (Lipinski definition) is 1. The van der Waals surface area contributed by atoms with Gasteiger partial charge in [0.15, 0.2) is 0 Å². The van der Waals surface area contributed by atoms with Crippen molar-refractivity contribution in [3.05, 3.63) is 100 Å². The molecule has 3 aromatic rings. The number of carbonyl (C=O) groups excluding carboxylic acids is 2. The summed E-state index contributed by atoms with van der Waals surface area (Å²) >= 11 is 6.45. The minimum atomic E-state index is -3.57. The zero-order chi connectivity index (χ0) is 29.3. The van der Waals surface area contributed by atoms with Crippen molar-refractivity contribution in [1.82, 2.24) is 10.2 Å². The van der Waals surface area contributed by atoms with Crippen molar-refractivity contribution in [1.29, 1.82) is 0 Å². The Hall–Kier alpha value is -3.36. The summed E-state index contributed by atoms with van der Waals surface area (Å²) in [5, 5.41) is 3.38. The molecular weight excluding hydrogens is 546 g/mol. The van der Waals surface area contributed by atoms with Crippen molar-refractivity contribution in [2.45, 2.75) is 52.6 Å². The lowest BCUT2D eigenvalue weighted by Crippen LogP contribution is -2.50. The van der Waals surface area contributed by atoms with Crippen LogP contribution in [0, 0.1) is 13.8 Å². The molecule has 9 heteroatoms. The molecule has 0 radical (unpaired) electrons. The SMILES string of the molecule is CCNC(=O)[C@H](Cc1ccccc1)N(Cc1ccccc1Cl)C(=O)CCCN(c1ccc(C)c(C)c1)S(C)(=O)=O. The second kappa shape index (κ2) is 14.3. The highest BCUT2D eigenvalue weighted by molar-refractivity contribution is 7.92. The first-order chi connectivity index (χ1) is 19.0. The van der Waals surface area contributed by atoms with E-state index < -0.39 is 16.1 Å². The number of carbonyl (C=O) groups is 2. The van der Waals surface area contributed by atoms with Crippen molar-refractivity contribution < 1.29 is 18.0 Å². The van der Waals surface area contributed by atoms with E-state index in [1.165, 1.54) is 10.6 Å². The van der Waals surface area contributed by atoms with E-state index in [0.29, 0.717) is 23.7 Å². The number of aryl methyl sites for hydroxylation is 2. The molecule has 0 aliphatic rings. The summed E-state index contributed by atoms with van der Waals surface area (Å²) in [7, 11) is -3.57. The molecule has 0 unspecified atom stereocenters. The van der Waals surface area contributed by atoms with Crippen LogP contribution >= 0.6 is 11.6 Å². The molecule has 40 heavy (non-hydrogen) atoms. The van der Waals surface area contributed by atoms with Crippen LogP contribution in [0.3, 0.4) is 0 Å². The van der Waals surface area contributed by atoms with Gasteiger partial charge in [-0.05, 0) is 67.6 Å². The molecule has 3 rings (SSSR count). The van der Waals surface area contributed by atoms with Crippen LogP contribution in [-0.4, -0.2) is 50.5 Å². The van der Waals surface area contributed by atoms with Gasteiger partial charge in [0.2, 0.25) is 21.8 Å². The summed E-state index contributed by atoms with van der Waals surface area (Å²) in [5.41, 5.74) is 4.27. The van der Waals surface area contributed by atoms with Gasteiger partial charge in [-0.25, -0.2) is 8.42 Å². The highest BCUT2D eigenvalue weighted by Crippen LogP contribution is 2.24. The van der Waals surface area contributed by atoms with E-state index in [-0.39, 0.29) is 37.7 Å². The van der Waals surface area contributed by atoms with Gasteiger partial charge < -0.3 is 10.2 Å². The Morgan fingerprint density at radius 2 is 1.62 bits per heavy atom. The normalized spacial score (nSPS) is 12.0. The van der Waals surface area contributed by atoms with Gasteiger partial charge in [-0.3, -0.25) is 13.9 Å². The van der Waals surface area contributed by atoms with Crippen LogP contribution in [0.1, 0.15) is 42.0 Å². The quantitative estimate of drug-likeness (QED) is 0.297. The van der Waals surface area contributed by atoms with Gasteiger partial charge in [-0.2, -0.15) is 0 Å². The van der Waals surface area contributed by atoms with E-state index in [2.05, 4.69) is 5.32 Å². The van der Waals surface area contributed by atoms with Crippen LogP contribution in [-0.2, 0) is 32.6 Å². The van der Waals surface area contributed by atoms with Gasteiger partial charge in [0.1, 0.15) is 6.04 Å². The molecule has 1 N–H and O–H groups in total. The molecule has 0 fully saturated rings. The van der Waals surface area contributed by atoms with Crippen molar-refractivity contribution in [3.8, 4) is 0 Å². The van der Waals surface area contributed by atoms with Crippen molar-refractivity contribution in [3.63, 3.8) is 0 Å². The van der Waals surface area contributed by atoms with Gasteiger partial charge >= 0.3 is 0 Å². The van der Waals surface area contributed by atoms with E-state index in [0.717, 1.165) is 22.3 Å². The third-order valence-electron chi connectivity index (χ3n) is 6.85. The largest absolute Gasteiger partial charge is 0.355 e. The number of hydrogen-bond acceptors (Lipinski definition) is 4. The first-order valence-electron chi connectivity index (χ1n) is 13.4. The second-order valence-corrected chi connectivity index (χ2v) is 12.2. The summed E-state index contributed by atoms with van der Waals surface area (Å²) in [6.07, 6.45) is 1.84. The molecule has 0 bridgehead atoms. The fourth-order valence-corrected chi connectivity index (χ4v) is 5.69. The monoisotopic (exact) mass is 583 g/mol. The number of likely N-dealkylation sites (N-methyl/N-ethyl adjacent to an activating group) is 1. The maximum Gasteiger partial charge on any atom is 0.243 e. The third-order valence-corrected chi connectivity index (χ3v) is 8.41. The van der Waals surface area contributed by atoms with Gasteiger partial charge in [-0.15, -0.1) is 0 Å². The topological polar surface area (TPSA) is 86.8 Å².